The van der Waals surface area contributed by atoms with E-state index in [0.717, 1.165) is 16.8 Å². The Morgan fingerprint density at radius 1 is 0.783 bits per heavy atom. The van der Waals surface area contributed by atoms with Gasteiger partial charge in [0.1, 0.15) is 0 Å². The van der Waals surface area contributed by atoms with E-state index in [1.54, 1.807) is 30.5 Å². The van der Waals surface area contributed by atoms with E-state index < -0.39 is 5.97 Å². The quantitative estimate of drug-likeness (QED) is 0.703. The van der Waals surface area contributed by atoms with E-state index in [1.165, 1.54) is 5.56 Å². The maximum Gasteiger partial charge on any atom is 0.335 e. The predicted molar refractivity (Wildman–Crippen MR) is 92.5 cm³/mol. The molecule has 0 aliphatic rings. The molecule has 0 aliphatic carbocycles. The Morgan fingerprint density at radius 3 is 2.00 bits per heavy atom. The highest BCUT2D eigenvalue weighted by Gasteiger charge is 2.00. The van der Waals surface area contributed by atoms with Crippen LogP contribution in [0.5, 0.6) is 0 Å². The minimum atomic E-state index is -0.926. The molecule has 0 saturated heterocycles. The average molecular weight is 301 g/mol. The van der Waals surface area contributed by atoms with Crippen LogP contribution >= 0.6 is 0 Å². The van der Waals surface area contributed by atoms with Crippen molar-refractivity contribution in [3.63, 3.8) is 0 Å². The second-order valence-electron chi connectivity index (χ2n) is 5.10. The number of carboxylic acid groups (broad SMARTS) is 1. The first kappa shape index (κ1) is 14.7. The van der Waals surface area contributed by atoms with E-state index in [2.05, 4.69) is 17.1 Å². The first-order valence-corrected chi connectivity index (χ1v) is 7.25. The number of rotatable bonds is 4. The van der Waals surface area contributed by atoms with Crippen LogP contribution in [0.25, 0.3) is 11.1 Å². The molecule has 0 unspecified atom stereocenters. The summed E-state index contributed by atoms with van der Waals surface area (Å²) in [7, 11) is 0. The van der Waals surface area contributed by atoms with Crippen molar-refractivity contribution in [1.29, 1.82) is 0 Å². The summed E-state index contributed by atoms with van der Waals surface area (Å²) < 4.78 is 0. The maximum absolute atomic E-state index is 10.8. The molecule has 0 amide bonds. The molecule has 112 valence electrons. The minimum Gasteiger partial charge on any atom is -0.478 e. The van der Waals surface area contributed by atoms with E-state index in [0.29, 0.717) is 0 Å². The van der Waals surface area contributed by atoms with Crippen molar-refractivity contribution >= 4 is 17.9 Å². The lowest BCUT2D eigenvalue weighted by molar-refractivity contribution is 0.0697. The van der Waals surface area contributed by atoms with Gasteiger partial charge in [0.2, 0.25) is 0 Å². The standard InChI is InChI=1S/C20H15NO2/c22-20(23)18-8-6-15(7-9-18)14-21-19-12-10-17(11-13-19)16-4-2-1-3-5-16/h1-14H,(H,22,23). The third-order valence-electron chi connectivity index (χ3n) is 3.49. The van der Waals surface area contributed by atoms with Gasteiger partial charge >= 0.3 is 5.97 Å². The molecule has 3 heteroatoms. The van der Waals surface area contributed by atoms with Crippen molar-refractivity contribution in [1.82, 2.24) is 0 Å². The van der Waals surface area contributed by atoms with Gasteiger partial charge in [-0.1, -0.05) is 54.6 Å². The molecule has 0 fully saturated rings. The first-order valence-electron chi connectivity index (χ1n) is 7.25. The molecular formula is C20H15NO2. The second kappa shape index (κ2) is 6.71. The Kier molecular flexibility index (Phi) is 4.29. The monoisotopic (exact) mass is 301 g/mol. The molecule has 0 radical (unpaired) electrons. The minimum absolute atomic E-state index is 0.273. The zero-order valence-corrected chi connectivity index (χ0v) is 12.4. The van der Waals surface area contributed by atoms with Crippen LogP contribution in [-0.4, -0.2) is 17.3 Å². The maximum atomic E-state index is 10.8. The van der Waals surface area contributed by atoms with Crippen LogP contribution in [-0.2, 0) is 0 Å². The molecule has 3 rings (SSSR count). The molecule has 0 heterocycles. The number of carbonyl (C=O) groups is 1. The fraction of sp³-hybridized carbons (Fsp3) is 0. The van der Waals surface area contributed by atoms with E-state index in [9.17, 15) is 4.79 Å². The van der Waals surface area contributed by atoms with Crippen molar-refractivity contribution in [2.75, 3.05) is 0 Å². The van der Waals surface area contributed by atoms with Crippen LogP contribution in [0.15, 0.2) is 83.9 Å². The Bertz CT molecular complexity index is 820. The van der Waals surface area contributed by atoms with E-state index in [1.807, 2.05) is 42.5 Å². The average Bonchev–Trinajstić information content (AvgIpc) is 2.61. The summed E-state index contributed by atoms with van der Waals surface area (Å²) in [6.45, 7) is 0. The number of aromatic carboxylic acids is 1. The molecule has 0 atom stereocenters. The van der Waals surface area contributed by atoms with Gasteiger partial charge in [-0.25, -0.2) is 4.79 Å². The summed E-state index contributed by atoms with van der Waals surface area (Å²) in [5, 5.41) is 8.87. The van der Waals surface area contributed by atoms with Gasteiger partial charge in [0, 0.05) is 6.21 Å². The van der Waals surface area contributed by atoms with Crippen molar-refractivity contribution in [3.8, 4) is 11.1 Å². The molecular weight excluding hydrogens is 286 g/mol. The summed E-state index contributed by atoms with van der Waals surface area (Å²) in [6.07, 6.45) is 1.73. The van der Waals surface area contributed by atoms with Gasteiger partial charge in [-0.05, 0) is 41.0 Å². The number of hydrogen-bond acceptors (Lipinski definition) is 2. The SMILES string of the molecule is O=C(O)c1ccc(C=Nc2ccc(-c3ccccc3)cc2)cc1. The van der Waals surface area contributed by atoms with Crippen LogP contribution in [0.2, 0.25) is 0 Å². The molecule has 0 aromatic heterocycles. The van der Waals surface area contributed by atoms with Gasteiger partial charge in [0.25, 0.3) is 0 Å². The third-order valence-corrected chi connectivity index (χ3v) is 3.49. The molecule has 0 saturated carbocycles. The Labute approximate surface area is 134 Å². The van der Waals surface area contributed by atoms with Gasteiger partial charge in [0.05, 0.1) is 11.3 Å². The zero-order chi connectivity index (χ0) is 16.1. The predicted octanol–water partition coefficient (Wildman–Crippen LogP) is 4.80. The van der Waals surface area contributed by atoms with Crippen molar-refractivity contribution in [3.05, 3.63) is 90.0 Å². The number of hydrogen-bond donors (Lipinski definition) is 1. The van der Waals surface area contributed by atoms with Gasteiger partial charge < -0.3 is 5.11 Å². The fourth-order valence-corrected chi connectivity index (χ4v) is 2.23. The zero-order valence-electron chi connectivity index (χ0n) is 12.4. The molecule has 0 spiro atoms. The Morgan fingerprint density at radius 2 is 1.39 bits per heavy atom. The summed E-state index contributed by atoms with van der Waals surface area (Å²) in [6, 6.07) is 24.8. The lowest BCUT2D eigenvalue weighted by atomic mass is 10.1. The van der Waals surface area contributed by atoms with Crippen molar-refractivity contribution in [2.45, 2.75) is 0 Å². The van der Waals surface area contributed by atoms with E-state index in [4.69, 9.17) is 5.11 Å². The fourth-order valence-electron chi connectivity index (χ4n) is 2.23. The van der Waals surface area contributed by atoms with Crippen LogP contribution in [0.4, 0.5) is 5.69 Å². The molecule has 23 heavy (non-hydrogen) atoms. The number of benzene rings is 3. The van der Waals surface area contributed by atoms with Crippen LogP contribution < -0.4 is 0 Å². The summed E-state index contributed by atoms with van der Waals surface area (Å²) in [5.41, 5.74) is 4.31. The summed E-state index contributed by atoms with van der Waals surface area (Å²) in [5.74, 6) is -0.926. The topological polar surface area (TPSA) is 49.7 Å². The summed E-state index contributed by atoms with van der Waals surface area (Å²) >= 11 is 0. The second-order valence-corrected chi connectivity index (χ2v) is 5.10. The van der Waals surface area contributed by atoms with Gasteiger partial charge in [-0.15, -0.1) is 0 Å². The van der Waals surface area contributed by atoms with Crippen LogP contribution in [0.3, 0.4) is 0 Å². The summed E-state index contributed by atoms with van der Waals surface area (Å²) in [4.78, 5) is 15.2. The molecule has 1 N–H and O–H groups in total. The van der Waals surface area contributed by atoms with Gasteiger partial charge in [0.15, 0.2) is 0 Å². The van der Waals surface area contributed by atoms with Gasteiger partial charge in [-0.3, -0.25) is 4.99 Å². The highest BCUT2D eigenvalue weighted by molar-refractivity contribution is 5.89. The smallest absolute Gasteiger partial charge is 0.335 e. The van der Waals surface area contributed by atoms with Crippen molar-refractivity contribution in [2.24, 2.45) is 4.99 Å². The van der Waals surface area contributed by atoms with Crippen molar-refractivity contribution < 1.29 is 9.90 Å². The number of nitrogens with zero attached hydrogens (tertiary/aromatic N) is 1. The molecule has 0 aliphatic heterocycles. The Balaban J connectivity index is 1.74. The van der Waals surface area contributed by atoms with E-state index >= 15 is 0 Å². The van der Waals surface area contributed by atoms with Gasteiger partial charge in [-0.2, -0.15) is 0 Å². The first-order chi connectivity index (χ1) is 11.2. The van der Waals surface area contributed by atoms with E-state index in [-0.39, 0.29) is 5.56 Å². The highest BCUT2D eigenvalue weighted by Crippen LogP contribution is 2.22. The molecule has 0 bridgehead atoms. The lowest BCUT2D eigenvalue weighted by Gasteiger charge is -2.01. The van der Waals surface area contributed by atoms with Crippen LogP contribution in [0, 0.1) is 0 Å². The molecule has 3 aromatic rings. The molecule has 3 nitrogen and oxygen atoms in total. The number of aliphatic imine (C=N–C) groups is 1. The third kappa shape index (κ3) is 3.71. The van der Waals surface area contributed by atoms with Crippen LogP contribution in [0.1, 0.15) is 15.9 Å². The largest absolute Gasteiger partial charge is 0.478 e. The normalized spacial score (nSPS) is 10.8. The number of carboxylic acids is 1. The Hall–Kier alpha value is -3.20. The molecule has 3 aromatic carbocycles. The highest BCUT2D eigenvalue weighted by atomic mass is 16.4. The lowest BCUT2D eigenvalue weighted by Crippen LogP contribution is -1.95.